The van der Waals surface area contributed by atoms with Gasteiger partial charge in [-0.15, -0.1) is 10.2 Å². The second-order valence-corrected chi connectivity index (χ2v) is 6.67. The highest BCUT2D eigenvalue weighted by atomic mass is 16.5. The van der Waals surface area contributed by atoms with Gasteiger partial charge in [0, 0.05) is 12.5 Å². The highest BCUT2D eigenvalue weighted by Crippen LogP contribution is 2.30. The van der Waals surface area contributed by atoms with Crippen LogP contribution >= 0.6 is 0 Å². The van der Waals surface area contributed by atoms with E-state index in [4.69, 9.17) is 13.9 Å². The van der Waals surface area contributed by atoms with Crippen LogP contribution in [-0.4, -0.2) is 53.5 Å². The molecule has 2 atom stereocenters. The Bertz CT molecular complexity index is 541. The van der Waals surface area contributed by atoms with E-state index in [9.17, 15) is 4.79 Å². The van der Waals surface area contributed by atoms with Crippen molar-refractivity contribution in [3.8, 4) is 0 Å². The number of nitrogens with zero attached hydrogens (tertiary/aromatic N) is 3. The largest absolute Gasteiger partial charge is 0.423 e. The van der Waals surface area contributed by atoms with Gasteiger partial charge < -0.3 is 18.8 Å². The minimum absolute atomic E-state index is 0.0387. The monoisotopic (exact) mass is 323 g/mol. The molecule has 0 unspecified atom stereocenters. The zero-order valence-corrected chi connectivity index (χ0v) is 14.0. The molecule has 0 bridgehead atoms. The maximum absolute atomic E-state index is 12.7. The molecular formula is C16H25N3O4. The third-order valence-corrected chi connectivity index (χ3v) is 4.27. The maximum atomic E-state index is 12.7. The van der Waals surface area contributed by atoms with E-state index in [1.165, 1.54) is 12.8 Å². The zero-order valence-electron chi connectivity index (χ0n) is 14.0. The molecule has 3 rings (SSSR count). The van der Waals surface area contributed by atoms with Crippen molar-refractivity contribution < 1.29 is 18.7 Å². The van der Waals surface area contributed by atoms with E-state index >= 15 is 0 Å². The average Bonchev–Trinajstić information content (AvgIpc) is 3.25. The molecule has 0 spiro atoms. The van der Waals surface area contributed by atoms with E-state index in [1.807, 2.05) is 20.8 Å². The number of amides is 1. The Balaban J connectivity index is 1.67. The minimum Gasteiger partial charge on any atom is -0.423 e. The normalized spacial score (nSPS) is 23.3. The van der Waals surface area contributed by atoms with Crippen LogP contribution in [0.4, 0.5) is 0 Å². The molecule has 1 amide bonds. The van der Waals surface area contributed by atoms with Crippen molar-refractivity contribution in [3.63, 3.8) is 0 Å². The summed E-state index contributed by atoms with van der Waals surface area (Å²) in [6.07, 6.45) is 1.96. The molecule has 2 heterocycles. The molecule has 1 aliphatic heterocycles. The van der Waals surface area contributed by atoms with Gasteiger partial charge in [-0.05, 0) is 25.7 Å². The van der Waals surface area contributed by atoms with E-state index < -0.39 is 6.10 Å². The van der Waals surface area contributed by atoms with Crippen molar-refractivity contribution in [2.75, 3.05) is 26.4 Å². The number of rotatable bonds is 6. The van der Waals surface area contributed by atoms with Crippen molar-refractivity contribution >= 4 is 5.91 Å². The van der Waals surface area contributed by atoms with Gasteiger partial charge in [0.2, 0.25) is 11.8 Å². The summed E-state index contributed by atoms with van der Waals surface area (Å²) in [5.74, 6) is 1.77. The third kappa shape index (κ3) is 3.90. The number of carbonyl (C=O) groups excluding carboxylic acids is 1. The molecule has 1 saturated heterocycles. The lowest BCUT2D eigenvalue weighted by atomic mass is 10.2. The van der Waals surface area contributed by atoms with E-state index in [2.05, 4.69) is 10.2 Å². The highest BCUT2D eigenvalue weighted by molar-refractivity contribution is 5.81. The molecule has 0 aromatic carbocycles. The summed E-state index contributed by atoms with van der Waals surface area (Å²) in [5.41, 5.74) is 0. The van der Waals surface area contributed by atoms with Crippen LogP contribution in [-0.2, 0) is 14.3 Å². The number of hydrogen-bond acceptors (Lipinski definition) is 6. The first kappa shape index (κ1) is 16.4. The fourth-order valence-corrected chi connectivity index (χ4v) is 2.56. The molecule has 128 valence electrons. The van der Waals surface area contributed by atoms with Gasteiger partial charge in [-0.1, -0.05) is 13.8 Å². The first-order valence-electron chi connectivity index (χ1n) is 8.39. The fourth-order valence-electron chi connectivity index (χ4n) is 2.56. The zero-order chi connectivity index (χ0) is 16.4. The summed E-state index contributed by atoms with van der Waals surface area (Å²) in [6.45, 7) is 7.87. The summed E-state index contributed by atoms with van der Waals surface area (Å²) in [4.78, 5) is 14.5. The second-order valence-electron chi connectivity index (χ2n) is 6.67. The highest BCUT2D eigenvalue weighted by Gasteiger charge is 2.35. The molecule has 0 radical (unpaired) electrons. The van der Waals surface area contributed by atoms with Gasteiger partial charge in [-0.2, -0.15) is 0 Å². The van der Waals surface area contributed by atoms with Gasteiger partial charge in [-0.3, -0.25) is 4.79 Å². The SMILES string of the molecule is CC(C)c1nnc([C@H]2COCCN2C(=O)[C@H](C)OCC2CC2)o1. The van der Waals surface area contributed by atoms with Crippen LogP contribution in [0.1, 0.15) is 57.4 Å². The Morgan fingerprint density at radius 3 is 2.78 bits per heavy atom. The first-order chi connectivity index (χ1) is 11.1. The van der Waals surface area contributed by atoms with Gasteiger partial charge in [0.15, 0.2) is 0 Å². The molecule has 0 N–H and O–H groups in total. The van der Waals surface area contributed by atoms with Crippen molar-refractivity contribution in [3.05, 3.63) is 11.8 Å². The molecule has 7 heteroatoms. The van der Waals surface area contributed by atoms with Gasteiger partial charge in [0.05, 0.1) is 19.8 Å². The lowest BCUT2D eigenvalue weighted by Crippen LogP contribution is -2.47. The molecule has 2 aliphatic rings. The Labute approximate surface area is 136 Å². The summed E-state index contributed by atoms with van der Waals surface area (Å²) in [5, 5.41) is 8.16. The van der Waals surface area contributed by atoms with E-state index in [-0.39, 0.29) is 17.9 Å². The average molecular weight is 323 g/mol. The van der Waals surface area contributed by atoms with Crippen molar-refractivity contribution in [2.24, 2.45) is 5.92 Å². The number of morpholine rings is 1. The standard InChI is InChI=1S/C16H25N3O4/c1-10(2)14-17-18-15(23-14)13-9-21-7-6-19(13)16(20)11(3)22-8-12-4-5-12/h10-13H,4-9H2,1-3H3/t11-,13+/m0/s1. The van der Waals surface area contributed by atoms with Crippen LogP contribution in [0.25, 0.3) is 0 Å². The second kappa shape index (κ2) is 6.97. The van der Waals surface area contributed by atoms with Gasteiger partial charge in [0.1, 0.15) is 12.1 Å². The maximum Gasteiger partial charge on any atom is 0.252 e. The molecular weight excluding hydrogens is 298 g/mol. The Morgan fingerprint density at radius 2 is 2.13 bits per heavy atom. The topological polar surface area (TPSA) is 77.7 Å². The Hall–Kier alpha value is -1.47. The van der Waals surface area contributed by atoms with Crippen LogP contribution in [0.3, 0.4) is 0 Å². The molecule has 1 aromatic rings. The summed E-state index contributed by atoms with van der Waals surface area (Å²) in [7, 11) is 0. The van der Waals surface area contributed by atoms with Crippen LogP contribution in [0, 0.1) is 5.92 Å². The van der Waals surface area contributed by atoms with Gasteiger partial charge in [0.25, 0.3) is 5.91 Å². The first-order valence-corrected chi connectivity index (χ1v) is 8.39. The quantitative estimate of drug-likeness (QED) is 0.796. The Kier molecular flexibility index (Phi) is 4.96. The van der Waals surface area contributed by atoms with Crippen LogP contribution in [0.15, 0.2) is 4.42 Å². The fraction of sp³-hybridized carbons (Fsp3) is 0.812. The molecule has 1 aromatic heterocycles. The number of aromatic nitrogens is 2. The van der Waals surface area contributed by atoms with Crippen LogP contribution in [0.2, 0.25) is 0 Å². The van der Waals surface area contributed by atoms with Crippen molar-refractivity contribution in [1.29, 1.82) is 0 Å². The summed E-state index contributed by atoms with van der Waals surface area (Å²) in [6, 6.07) is -0.330. The Morgan fingerprint density at radius 1 is 1.35 bits per heavy atom. The number of carbonyl (C=O) groups is 1. The van der Waals surface area contributed by atoms with Gasteiger partial charge in [-0.25, -0.2) is 0 Å². The predicted molar refractivity (Wildman–Crippen MR) is 81.8 cm³/mol. The van der Waals surface area contributed by atoms with Crippen molar-refractivity contribution in [1.82, 2.24) is 15.1 Å². The lowest BCUT2D eigenvalue weighted by Gasteiger charge is -2.35. The number of hydrogen-bond donors (Lipinski definition) is 0. The van der Waals surface area contributed by atoms with Gasteiger partial charge >= 0.3 is 0 Å². The van der Waals surface area contributed by atoms with Crippen LogP contribution < -0.4 is 0 Å². The molecule has 1 saturated carbocycles. The summed E-state index contributed by atoms with van der Waals surface area (Å²) < 4.78 is 16.9. The molecule has 2 fully saturated rings. The molecule has 1 aliphatic carbocycles. The van der Waals surface area contributed by atoms with Crippen molar-refractivity contribution in [2.45, 2.75) is 51.7 Å². The van der Waals surface area contributed by atoms with E-state index in [0.29, 0.717) is 44.1 Å². The minimum atomic E-state index is -0.455. The van der Waals surface area contributed by atoms with E-state index in [0.717, 1.165) is 0 Å². The number of ether oxygens (including phenoxy) is 2. The molecule has 7 nitrogen and oxygen atoms in total. The smallest absolute Gasteiger partial charge is 0.252 e. The molecule has 23 heavy (non-hydrogen) atoms. The summed E-state index contributed by atoms with van der Waals surface area (Å²) >= 11 is 0. The third-order valence-electron chi connectivity index (χ3n) is 4.27. The predicted octanol–water partition coefficient (Wildman–Crippen LogP) is 1.91. The van der Waals surface area contributed by atoms with E-state index in [1.54, 1.807) is 4.90 Å². The lowest BCUT2D eigenvalue weighted by molar-refractivity contribution is -0.152. The van der Waals surface area contributed by atoms with Crippen LogP contribution in [0.5, 0.6) is 0 Å².